The lowest BCUT2D eigenvalue weighted by Crippen LogP contribution is -2.52. The highest BCUT2D eigenvalue weighted by Gasteiger charge is 2.21. The number of aromatic nitrogens is 1. The molecule has 32 heavy (non-hydrogen) atoms. The topological polar surface area (TPSA) is 59.5 Å². The number of rotatable bonds is 5. The monoisotopic (exact) mass is 437 g/mol. The third kappa shape index (κ3) is 5.24. The first-order valence-corrected chi connectivity index (χ1v) is 11.4. The molecule has 2 saturated heterocycles. The van der Waals surface area contributed by atoms with E-state index in [-0.39, 0.29) is 0 Å². The number of ether oxygens (including phenoxy) is 1. The fourth-order valence-corrected chi connectivity index (χ4v) is 4.35. The number of likely N-dealkylation sites (N-methyl/N-ethyl adjacent to an activating group) is 1. The lowest BCUT2D eigenvalue weighted by atomic mass is 10.2. The van der Waals surface area contributed by atoms with Gasteiger partial charge in [-0.05, 0) is 37.4 Å². The van der Waals surface area contributed by atoms with Crippen molar-refractivity contribution in [2.24, 2.45) is 4.99 Å². The molecule has 1 aromatic carbocycles. The summed E-state index contributed by atoms with van der Waals surface area (Å²) in [5, 5.41) is 3.58. The van der Waals surface area contributed by atoms with Crippen molar-refractivity contribution in [3.63, 3.8) is 0 Å². The van der Waals surface area contributed by atoms with Gasteiger partial charge in [-0.1, -0.05) is 6.07 Å². The lowest BCUT2D eigenvalue weighted by Gasteiger charge is -2.38. The normalized spacial score (nSPS) is 18.1. The van der Waals surface area contributed by atoms with E-state index in [1.165, 1.54) is 11.3 Å². The van der Waals surface area contributed by atoms with Crippen LogP contribution in [0.15, 0.2) is 47.6 Å². The first-order valence-electron chi connectivity index (χ1n) is 11.4. The fraction of sp³-hybridized carbons (Fsp3) is 0.500. The van der Waals surface area contributed by atoms with Gasteiger partial charge in [0.1, 0.15) is 11.6 Å². The van der Waals surface area contributed by atoms with Gasteiger partial charge in [0, 0.05) is 83.4 Å². The Morgan fingerprint density at radius 3 is 2.31 bits per heavy atom. The molecule has 1 N–H and O–H groups in total. The zero-order valence-electron chi connectivity index (χ0n) is 19.5. The van der Waals surface area contributed by atoms with Crippen molar-refractivity contribution < 1.29 is 4.74 Å². The van der Waals surface area contributed by atoms with Gasteiger partial charge in [0.15, 0.2) is 5.96 Å². The van der Waals surface area contributed by atoms with Crippen molar-refractivity contribution in [3.8, 4) is 5.75 Å². The summed E-state index contributed by atoms with van der Waals surface area (Å²) in [6.45, 7) is 8.70. The van der Waals surface area contributed by atoms with Gasteiger partial charge in [-0.3, -0.25) is 4.99 Å². The lowest BCUT2D eigenvalue weighted by molar-refractivity contribution is 0.311. The third-order valence-electron chi connectivity index (χ3n) is 6.34. The number of piperazine rings is 2. The molecule has 0 saturated carbocycles. The maximum absolute atomic E-state index is 5.27. The van der Waals surface area contributed by atoms with Gasteiger partial charge in [0.05, 0.1) is 7.11 Å². The number of anilines is 2. The molecular formula is C24H35N7O. The number of hydrogen-bond acceptors (Lipinski definition) is 6. The van der Waals surface area contributed by atoms with Crippen LogP contribution in [0, 0.1) is 0 Å². The van der Waals surface area contributed by atoms with Crippen molar-refractivity contribution in [3.05, 3.63) is 48.2 Å². The summed E-state index contributed by atoms with van der Waals surface area (Å²) in [7, 11) is 5.74. The fourth-order valence-electron chi connectivity index (χ4n) is 4.35. The van der Waals surface area contributed by atoms with Crippen molar-refractivity contribution in [1.29, 1.82) is 0 Å². The Hall–Kier alpha value is -3.00. The second-order valence-electron chi connectivity index (χ2n) is 8.35. The zero-order valence-corrected chi connectivity index (χ0v) is 19.5. The molecule has 0 atom stereocenters. The van der Waals surface area contributed by atoms with Crippen LogP contribution in [0.2, 0.25) is 0 Å². The summed E-state index contributed by atoms with van der Waals surface area (Å²) < 4.78 is 5.27. The molecule has 0 unspecified atom stereocenters. The summed E-state index contributed by atoms with van der Waals surface area (Å²) in [5.74, 6) is 2.93. The molecule has 1 aromatic heterocycles. The number of pyridine rings is 1. The predicted molar refractivity (Wildman–Crippen MR) is 131 cm³/mol. The van der Waals surface area contributed by atoms with Crippen LogP contribution in [-0.4, -0.2) is 94.3 Å². The smallest absolute Gasteiger partial charge is 0.194 e. The van der Waals surface area contributed by atoms with Crippen LogP contribution in [-0.2, 0) is 6.54 Å². The SMILES string of the molecule is CN=C(NCc1cccnc1N1CCN(C)CC1)N1CCN(c2ccc(OC)cc2)CC1. The van der Waals surface area contributed by atoms with Crippen molar-refractivity contribution >= 4 is 17.5 Å². The molecule has 3 heterocycles. The third-order valence-corrected chi connectivity index (χ3v) is 6.34. The minimum absolute atomic E-state index is 0.723. The summed E-state index contributed by atoms with van der Waals surface area (Å²) in [4.78, 5) is 18.8. The molecule has 2 fully saturated rings. The molecule has 0 amide bonds. The average Bonchev–Trinajstić information content (AvgIpc) is 2.86. The second-order valence-corrected chi connectivity index (χ2v) is 8.35. The van der Waals surface area contributed by atoms with Crippen LogP contribution in [0.3, 0.4) is 0 Å². The van der Waals surface area contributed by atoms with Gasteiger partial charge in [-0.25, -0.2) is 4.98 Å². The van der Waals surface area contributed by atoms with Crippen LogP contribution in [0.5, 0.6) is 5.75 Å². The van der Waals surface area contributed by atoms with E-state index in [2.05, 4.69) is 55.2 Å². The summed E-state index contributed by atoms with van der Waals surface area (Å²) in [5.41, 5.74) is 2.45. The van der Waals surface area contributed by atoms with Crippen LogP contribution in [0.1, 0.15) is 5.56 Å². The minimum Gasteiger partial charge on any atom is -0.497 e. The quantitative estimate of drug-likeness (QED) is 0.565. The van der Waals surface area contributed by atoms with Gasteiger partial charge in [0.25, 0.3) is 0 Å². The van der Waals surface area contributed by atoms with Gasteiger partial charge in [0.2, 0.25) is 0 Å². The number of aliphatic imine (C=N–C) groups is 1. The van der Waals surface area contributed by atoms with Crippen LogP contribution >= 0.6 is 0 Å². The van der Waals surface area contributed by atoms with Gasteiger partial charge in [-0.2, -0.15) is 0 Å². The molecule has 4 rings (SSSR count). The van der Waals surface area contributed by atoms with Crippen molar-refractivity contribution in [1.82, 2.24) is 20.1 Å². The van der Waals surface area contributed by atoms with Crippen molar-refractivity contribution in [2.75, 3.05) is 83.4 Å². The highest BCUT2D eigenvalue weighted by molar-refractivity contribution is 5.80. The van der Waals surface area contributed by atoms with Crippen LogP contribution in [0.4, 0.5) is 11.5 Å². The molecule has 172 valence electrons. The van der Waals surface area contributed by atoms with Crippen LogP contribution < -0.4 is 19.9 Å². The molecule has 2 aliphatic rings. The van der Waals surface area contributed by atoms with Gasteiger partial charge >= 0.3 is 0 Å². The Balaban J connectivity index is 1.33. The van der Waals surface area contributed by atoms with Gasteiger partial charge in [-0.15, -0.1) is 0 Å². The Bertz CT molecular complexity index is 885. The zero-order chi connectivity index (χ0) is 22.3. The molecule has 8 heteroatoms. The molecule has 0 spiro atoms. The maximum atomic E-state index is 5.27. The summed E-state index contributed by atoms with van der Waals surface area (Å²) in [6.07, 6.45) is 1.89. The largest absolute Gasteiger partial charge is 0.497 e. The highest BCUT2D eigenvalue weighted by atomic mass is 16.5. The first kappa shape index (κ1) is 22.2. The summed E-state index contributed by atoms with van der Waals surface area (Å²) in [6, 6.07) is 12.5. The molecule has 0 bridgehead atoms. The van der Waals surface area contributed by atoms with E-state index >= 15 is 0 Å². The number of nitrogens with one attached hydrogen (secondary N) is 1. The number of guanidine groups is 1. The van der Waals surface area contributed by atoms with E-state index in [0.717, 1.165) is 76.4 Å². The molecule has 0 aliphatic carbocycles. The van der Waals surface area contributed by atoms with E-state index in [1.807, 2.05) is 31.4 Å². The predicted octanol–water partition coefficient (Wildman–Crippen LogP) is 1.74. The van der Waals surface area contributed by atoms with E-state index in [4.69, 9.17) is 9.72 Å². The highest BCUT2D eigenvalue weighted by Crippen LogP contribution is 2.21. The van der Waals surface area contributed by atoms with Crippen LogP contribution in [0.25, 0.3) is 0 Å². The molecule has 2 aliphatic heterocycles. The molecular weight excluding hydrogens is 402 g/mol. The van der Waals surface area contributed by atoms with E-state index in [0.29, 0.717) is 0 Å². The standard InChI is InChI=1S/C24H35N7O/c1-25-24(31-17-15-29(16-18-31)21-6-8-22(32-3)9-7-21)27-19-20-5-4-10-26-23(20)30-13-11-28(2)12-14-30/h4-10H,11-19H2,1-3H3,(H,25,27). The van der Waals surface area contributed by atoms with Gasteiger partial charge < -0.3 is 29.7 Å². The van der Waals surface area contributed by atoms with E-state index in [9.17, 15) is 0 Å². The number of methoxy groups -OCH3 is 1. The number of hydrogen-bond donors (Lipinski definition) is 1. The molecule has 8 nitrogen and oxygen atoms in total. The Labute approximate surface area is 191 Å². The molecule has 2 aromatic rings. The molecule has 0 radical (unpaired) electrons. The van der Waals surface area contributed by atoms with Crippen molar-refractivity contribution in [2.45, 2.75) is 6.54 Å². The first-order chi connectivity index (χ1) is 15.7. The Morgan fingerprint density at radius 2 is 1.66 bits per heavy atom. The Morgan fingerprint density at radius 1 is 0.969 bits per heavy atom. The second kappa shape index (κ2) is 10.5. The van der Waals surface area contributed by atoms with E-state index in [1.54, 1.807) is 7.11 Å². The average molecular weight is 438 g/mol. The summed E-state index contributed by atoms with van der Waals surface area (Å²) >= 11 is 0. The maximum Gasteiger partial charge on any atom is 0.194 e. The Kier molecular flexibility index (Phi) is 7.32. The number of nitrogens with zero attached hydrogens (tertiary/aromatic N) is 6. The number of benzene rings is 1. The van der Waals surface area contributed by atoms with E-state index < -0.39 is 0 Å². The minimum atomic E-state index is 0.723.